The summed E-state index contributed by atoms with van der Waals surface area (Å²) in [5.41, 5.74) is 0.994. The SMILES string of the molecule is COC1(c2ncc(C(C)=O)c(C)n2)CCCCC1. The molecule has 1 saturated carbocycles. The molecule has 0 spiro atoms. The highest BCUT2D eigenvalue weighted by atomic mass is 16.5. The van der Waals surface area contributed by atoms with Gasteiger partial charge in [-0.05, 0) is 26.7 Å². The summed E-state index contributed by atoms with van der Waals surface area (Å²) in [7, 11) is 1.73. The number of ketones is 1. The van der Waals surface area contributed by atoms with Crippen LogP contribution in [0.4, 0.5) is 0 Å². The van der Waals surface area contributed by atoms with E-state index in [1.165, 1.54) is 13.3 Å². The molecule has 4 nitrogen and oxygen atoms in total. The van der Waals surface area contributed by atoms with Crippen molar-refractivity contribution in [1.82, 2.24) is 9.97 Å². The average molecular weight is 248 g/mol. The van der Waals surface area contributed by atoms with Crippen molar-refractivity contribution in [2.75, 3.05) is 7.11 Å². The maximum Gasteiger partial charge on any atom is 0.163 e. The second-order valence-electron chi connectivity index (χ2n) is 5.01. The fraction of sp³-hybridized carbons (Fsp3) is 0.643. The number of carbonyl (C=O) groups excluding carboxylic acids is 1. The van der Waals surface area contributed by atoms with Gasteiger partial charge >= 0.3 is 0 Å². The first kappa shape index (κ1) is 13.1. The lowest BCUT2D eigenvalue weighted by molar-refractivity contribution is -0.0516. The molecule has 0 aromatic carbocycles. The summed E-state index contributed by atoms with van der Waals surface area (Å²) >= 11 is 0. The number of aromatic nitrogens is 2. The molecule has 1 heterocycles. The van der Waals surface area contributed by atoms with Gasteiger partial charge in [-0.2, -0.15) is 0 Å². The zero-order valence-electron chi connectivity index (χ0n) is 11.3. The zero-order valence-corrected chi connectivity index (χ0v) is 11.3. The molecule has 1 aliphatic rings. The average Bonchev–Trinajstić information content (AvgIpc) is 2.39. The van der Waals surface area contributed by atoms with Crippen molar-refractivity contribution >= 4 is 5.78 Å². The van der Waals surface area contributed by atoms with E-state index >= 15 is 0 Å². The first-order chi connectivity index (χ1) is 8.59. The van der Waals surface area contributed by atoms with Gasteiger partial charge in [0.15, 0.2) is 11.6 Å². The number of rotatable bonds is 3. The molecule has 98 valence electrons. The predicted molar refractivity (Wildman–Crippen MR) is 68.5 cm³/mol. The number of methoxy groups -OCH3 is 1. The van der Waals surface area contributed by atoms with E-state index in [4.69, 9.17) is 4.74 Å². The Morgan fingerprint density at radius 3 is 2.50 bits per heavy atom. The van der Waals surface area contributed by atoms with Crippen LogP contribution in [0.5, 0.6) is 0 Å². The van der Waals surface area contributed by atoms with Gasteiger partial charge in [-0.3, -0.25) is 4.79 Å². The highest BCUT2D eigenvalue weighted by Crippen LogP contribution is 2.38. The smallest absolute Gasteiger partial charge is 0.163 e. The quantitative estimate of drug-likeness (QED) is 0.772. The minimum Gasteiger partial charge on any atom is -0.370 e. The van der Waals surface area contributed by atoms with Crippen LogP contribution in [0.15, 0.2) is 6.20 Å². The van der Waals surface area contributed by atoms with Gasteiger partial charge in [-0.1, -0.05) is 19.3 Å². The molecule has 1 aromatic rings. The predicted octanol–water partition coefficient (Wildman–Crippen LogP) is 2.79. The van der Waals surface area contributed by atoms with Crippen LogP contribution in [-0.2, 0) is 10.3 Å². The lowest BCUT2D eigenvalue weighted by Crippen LogP contribution is -2.33. The van der Waals surface area contributed by atoms with Gasteiger partial charge in [0.1, 0.15) is 5.60 Å². The van der Waals surface area contributed by atoms with Crippen LogP contribution < -0.4 is 0 Å². The second kappa shape index (κ2) is 5.14. The summed E-state index contributed by atoms with van der Waals surface area (Å²) in [6.45, 7) is 3.40. The molecule has 4 heteroatoms. The van der Waals surface area contributed by atoms with Gasteiger partial charge in [0, 0.05) is 13.3 Å². The Labute approximate surface area is 108 Å². The van der Waals surface area contributed by atoms with Crippen molar-refractivity contribution in [2.45, 2.75) is 51.6 Å². The lowest BCUT2D eigenvalue weighted by Gasteiger charge is -2.34. The summed E-state index contributed by atoms with van der Waals surface area (Å²) in [6, 6.07) is 0. The van der Waals surface area contributed by atoms with Gasteiger partial charge in [0.25, 0.3) is 0 Å². The molecule has 0 aliphatic heterocycles. The van der Waals surface area contributed by atoms with Crippen molar-refractivity contribution in [3.8, 4) is 0 Å². The number of nitrogens with zero attached hydrogens (tertiary/aromatic N) is 2. The Bertz CT molecular complexity index is 451. The van der Waals surface area contributed by atoms with Gasteiger partial charge in [-0.15, -0.1) is 0 Å². The molecule has 0 unspecified atom stereocenters. The molecule has 0 amide bonds. The number of hydrogen-bond donors (Lipinski definition) is 0. The van der Waals surface area contributed by atoms with Crippen LogP contribution in [0.3, 0.4) is 0 Å². The van der Waals surface area contributed by atoms with Crippen LogP contribution in [0, 0.1) is 6.92 Å². The third-order valence-corrected chi connectivity index (χ3v) is 3.82. The third-order valence-electron chi connectivity index (χ3n) is 3.82. The van der Waals surface area contributed by atoms with Gasteiger partial charge < -0.3 is 4.74 Å². The van der Waals surface area contributed by atoms with Crippen molar-refractivity contribution in [3.63, 3.8) is 0 Å². The van der Waals surface area contributed by atoms with Crippen LogP contribution in [0.2, 0.25) is 0 Å². The van der Waals surface area contributed by atoms with E-state index in [0.717, 1.165) is 37.2 Å². The molecular weight excluding hydrogens is 228 g/mol. The van der Waals surface area contributed by atoms with E-state index < -0.39 is 0 Å². The van der Waals surface area contributed by atoms with E-state index in [0.29, 0.717) is 5.56 Å². The van der Waals surface area contributed by atoms with Crippen LogP contribution in [0.25, 0.3) is 0 Å². The molecule has 2 rings (SSSR count). The summed E-state index contributed by atoms with van der Waals surface area (Å²) in [5.74, 6) is 0.737. The molecule has 1 aliphatic carbocycles. The number of hydrogen-bond acceptors (Lipinski definition) is 4. The lowest BCUT2D eigenvalue weighted by atomic mass is 9.84. The van der Waals surface area contributed by atoms with Crippen molar-refractivity contribution in [2.24, 2.45) is 0 Å². The fourth-order valence-electron chi connectivity index (χ4n) is 2.67. The molecule has 1 fully saturated rings. The standard InChI is InChI=1S/C14H20N2O2/c1-10-12(11(2)17)9-15-13(16-10)14(18-3)7-5-4-6-8-14/h9H,4-8H2,1-3H3. The molecular formula is C14H20N2O2. The van der Waals surface area contributed by atoms with E-state index in [-0.39, 0.29) is 11.4 Å². The first-order valence-electron chi connectivity index (χ1n) is 6.49. The Morgan fingerprint density at radius 1 is 1.33 bits per heavy atom. The highest BCUT2D eigenvalue weighted by molar-refractivity contribution is 5.94. The third kappa shape index (κ3) is 2.29. The Hall–Kier alpha value is -1.29. The van der Waals surface area contributed by atoms with Gasteiger partial charge in [-0.25, -0.2) is 9.97 Å². The van der Waals surface area contributed by atoms with Crippen LogP contribution in [0.1, 0.15) is 60.9 Å². The Morgan fingerprint density at radius 2 is 2.00 bits per heavy atom. The van der Waals surface area contributed by atoms with E-state index in [2.05, 4.69) is 9.97 Å². The number of carbonyl (C=O) groups is 1. The van der Waals surface area contributed by atoms with Crippen LogP contribution in [-0.4, -0.2) is 22.9 Å². The maximum absolute atomic E-state index is 11.4. The molecule has 0 radical (unpaired) electrons. The molecule has 18 heavy (non-hydrogen) atoms. The maximum atomic E-state index is 11.4. The number of aryl methyl sites for hydroxylation is 1. The minimum atomic E-state index is -0.349. The minimum absolute atomic E-state index is 0.00848. The molecule has 0 bridgehead atoms. The zero-order chi connectivity index (χ0) is 13.2. The van der Waals surface area contributed by atoms with Crippen molar-refractivity contribution < 1.29 is 9.53 Å². The molecule has 0 atom stereocenters. The summed E-state index contributed by atoms with van der Waals surface area (Å²) in [4.78, 5) is 20.3. The Kier molecular flexibility index (Phi) is 3.76. The first-order valence-corrected chi connectivity index (χ1v) is 6.49. The Balaban J connectivity index is 2.37. The number of ether oxygens (including phenoxy) is 1. The summed E-state index contributed by atoms with van der Waals surface area (Å²) < 4.78 is 5.71. The van der Waals surface area contributed by atoms with Gasteiger partial charge in [0.05, 0.1) is 11.3 Å². The molecule has 0 N–H and O–H groups in total. The van der Waals surface area contributed by atoms with Gasteiger partial charge in [0.2, 0.25) is 0 Å². The normalized spacial score (nSPS) is 18.6. The molecule has 1 aromatic heterocycles. The second-order valence-corrected chi connectivity index (χ2v) is 5.01. The fourth-order valence-corrected chi connectivity index (χ4v) is 2.67. The van der Waals surface area contributed by atoms with Crippen LogP contribution >= 0.6 is 0 Å². The van der Waals surface area contributed by atoms with E-state index in [9.17, 15) is 4.79 Å². The van der Waals surface area contributed by atoms with Crippen molar-refractivity contribution in [1.29, 1.82) is 0 Å². The summed E-state index contributed by atoms with van der Waals surface area (Å²) in [5, 5.41) is 0. The monoisotopic (exact) mass is 248 g/mol. The van der Waals surface area contributed by atoms with Crippen molar-refractivity contribution in [3.05, 3.63) is 23.3 Å². The highest BCUT2D eigenvalue weighted by Gasteiger charge is 2.36. The number of Topliss-reactive ketones (excluding diaryl/α,β-unsaturated/α-hetero) is 1. The van der Waals surface area contributed by atoms with E-state index in [1.807, 2.05) is 6.92 Å². The molecule has 0 saturated heterocycles. The largest absolute Gasteiger partial charge is 0.370 e. The summed E-state index contributed by atoms with van der Waals surface area (Å²) in [6.07, 6.45) is 7.09. The topological polar surface area (TPSA) is 52.1 Å². The van der Waals surface area contributed by atoms with E-state index in [1.54, 1.807) is 13.3 Å².